The van der Waals surface area contributed by atoms with Gasteiger partial charge in [0.15, 0.2) is 0 Å². The van der Waals surface area contributed by atoms with Gasteiger partial charge in [-0.25, -0.2) is 3.63 Å². The second-order valence-electron chi connectivity index (χ2n) is 5.08. The van der Waals surface area contributed by atoms with Crippen molar-refractivity contribution in [2.45, 2.75) is 22.6 Å². The smallest absolute Gasteiger partial charge is 0.212 e. The third-order valence-corrected chi connectivity index (χ3v) is 9.26. The van der Waals surface area contributed by atoms with Crippen LogP contribution in [0.2, 0.25) is 0 Å². The summed E-state index contributed by atoms with van der Waals surface area (Å²) in [5.74, 6) is 1.64. The molecule has 0 aliphatic carbocycles. The molecule has 3 rings (SSSR count). The highest BCUT2D eigenvalue weighted by molar-refractivity contribution is 8.33. The second-order valence-corrected chi connectivity index (χ2v) is 9.91. The third kappa shape index (κ3) is 3.00. The third-order valence-electron chi connectivity index (χ3n) is 3.62. The summed E-state index contributed by atoms with van der Waals surface area (Å²) in [6.45, 7) is 0. The average molecular weight is 322 g/mol. The molecule has 5 heteroatoms. The molecule has 1 heterocycles. The monoisotopic (exact) mass is 322 g/mol. The molecule has 0 saturated carbocycles. The van der Waals surface area contributed by atoms with Crippen LogP contribution in [-0.4, -0.2) is 19.9 Å². The van der Waals surface area contributed by atoms with Gasteiger partial charge in [-0.2, -0.15) is 8.42 Å². The van der Waals surface area contributed by atoms with Gasteiger partial charge in [0.25, 0.3) is 0 Å². The summed E-state index contributed by atoms with van der Waals surface area (Å²) in [5.41, 5.74) is 0. The summed E-state index contributed by atoms with van der Waals surface area (Å²) in [6, 6.07) is 18.2. The van der Waals surface area contributed by atoms with Crippen LogP contribution in [0.4, 0.5) is 0 Å². The number of benzene rings is 2. The molecule has 2 aromatic carbocycles. The van der Waals surface area contributed by atoms with Crippen molar-refractivity contribution >= 4 is 20.4 Å². The van der Waals surface area contributed by atoms with Gasteiger partial charge in [-0.3, -0.25) is 0 Å². The first-order chi connectivity index (χ1) is 10.1. The maximum Gasteiger partial charge on any atom is 0.306 e. The largest absolute Gasteiger partial charge is 0.306 e. The zero-order valence-electron chi connectivity index (χ0n) is 11.6. The van der Waals surface area contributed by atoms with Crippen LogP contribution in [0.25, 0.3) is 0 Å². The average Bonchev–Trinajstić information content (AvgIpc) is 2.98. The maximum absolute atomic E-state index is 12.6. The van der Waals surface area contributed by atoms with E-state index in [0.29, 0.717) is 0 Å². The van der Waals surface area contributed by atoms with Crippen molar-refractivity contribution in [2.75, 3.05) is 11.5 Å². The fraction of sp³-hybridized carbons (Fsp3) is 0.250. The second kappa shape index (κ2) is 5.83. The Morgan fingerprint density at radius 3 is 1.90 bits per heavy atom. The Balaban J connectivity index is 1.97. The van der Waals surface area contributed by atoms with Gasteiger partial charge in [0, 0.05) is 16.4 Å². The molecule has 1 fully saturated rings. The normalized spacial score (nSPS) is 19.2. The minimum atomic E-state index is -3.71. The molecule has 0 amide bonds. The van der Waals surface area contributed by atoms with Crippen molar-refractivity contribution in [3.63, 3.8) is 0 Å². The topological polar surface area (TPSA) is 43.4 Å². The molecule has 0 radical (unpaired) electrons. The first kappa shape index (κ1) is 14.6. The molecule has 1 saturated heterocycles. The SMILES string of the molecule is O=S(=O)(OS1(c2ccccc2)CCCC1)c1ccccc1. The van der Waals surface area contributed by atoms with E-state index < -0.39 is 20.4 Å². The number of hydrogen-bond donors (Lipinski definition) is 0. The molecule has 112 valence electrons. The van der Waals surface area contributed by atoms with Crippen molar-refractivity contribution in [1.82, 2.24) is 0 Å². The summed E-state index contributed by atoms with van der Waals surface area (Å²) in [7, 11) is -5.45. The zero-order valence-corrected chi connectivity index (χ0v) is 13.3. The molecule has 3 nitrogen and oxygen atoms in total. The minimum absolute atomic E-state index is 0.236. The van der Waals surface area contributed by atoms with Crippen molar-refractivity contribution in [2.24, 2.45) is 0 Å². The van der Waals surface area contributed by atoms with Crippen LogP contribution in [-0.2, 0) is 13.7 Å². The molecule has 1 aliphatic rings. The fourth-order valence-corrected chi connectivity index (χ4v) is 8.29. The molecule has 0 unspecified atom stereocenters. The van der Waals surface area contributed by atoms with E-state index in [1.807, 2.05) is 30.3 Å². The van der Waals surface area contributed by atoms with E-state index in [1.54, 1.807) is 30.3 Å². The van der Waals surface area contributed by atoms with Gasteiger partial charge in [0.2, 0.25) is 0 Å². The summed E-state index contributed by atoms with van der Waals surface area (Å²) < 4.78 is 30.9. The molecule has 21 heavy (non-hydrogen) atoms. The van der Waals surface area contributed by atoms with E-state index >= 15 is 0 Å². The Kier molecular flexibility index (Phi) is 4.06. The van der Waals surface area contributed by atoms with Gasteiger partial charge < -0.3 is 0 Å². The summed E-state index contributed by atoms with van der Waals surface area (Å²) in [4.78, 5) is 1.27. The van der Waals surface area contributed by atoms with Crippen molar-refractivity contribution in [3.05, 3.63) is 60.7 Å². The molecular weight excluding hydrogens is 304 g/mol. The van der Waals surface area contributed by atoms with Gasteiger partial charge in [-0.05, 0) is 37.1 Å². The van der Waals surface area contributed by atoms with E-state index in [0.717, 1.165) is 29.2 Å². The molecule has 0 atom stereocenters. The van der Waals surface area contributed by atoms with Crippen LogP contribution in [0.15, 0.2) is 70.5 Å². The number of hydrogen-bond acceptors (Lipinski definition) is 3. The maximum atomic E-state index is 12.6. The Bertz CT molecular complexity index is 691. The predicted molar refractivity (Wildman–Crippen MR) is 86.0 cm³/mol. The van der Waals surface area contributed by atoms with Gasteiger partial charge in [-0.1, -0.05) is 46.7 Å². The van der Waals surface area contributed by atoms with E-state index in [1.165, 1.54) is 0 Å². The summed E-state index contributed by atoms with van der Waals surface area (Å²) in [6.07, 6.45) is 2.04. The predicted octanol–water partition coefficient (Wildman–Crippen LogP) is 3.96. The molecule has 2 aromatic rings. The molecule has 0 N–H and O–H groups in total. The fourth-order valence-electron chi connectivity index (χ4n) is 2.58. The lowest BCUT2D eigenvalue weighted by molar-refractivity contribution is 0.510. The molecule has 1 aliphatic heterocycles. The Labute approximate surface area is 127 Å². The minimum Gasteiger partial charge on any atom is -0.212 e. The molecule has 0 aromatic heterocycles. The Morgan fingerprint density at radius 1 is 0.810 bits per heavy atom. The highest BCUT2D eigenvalue weighted by atomic mass is 32.3. The van der Waals surface area contributed by atoms with Gasteiger partial charge in [0.1, 0.15) is 0 Å². The quantitative estimate of drug-likeness (QED) is 0.855. The molecular formula is C16H18O3S2. The van der Waals surface area contributed by atoms with E-state index in [-0.39, 0.29) is 4.90 Å². The molecule has 0 spiro atoms. The van der Waals surface area contributed by atoms with E-state index in [2.05, 4.69) is 0 Å². The Morgan fingerprint density at radius 2 is 1.33 bits per heavy atom. The van der Waals surface area contributed by atoms with Crippen molar-refractivity contribution in [1.29, 1.82) is 0 Å². The van der Waals surface area contributed by atoms with Crippen LogP contribution >= 0.6 is 10.3 Å². The summed E-state index contributed by atoms with van der Waals surface area (Å²) in [5, 5.41) is 0. The highest BCUT2D eigenvalue weighted by Crippen LogP contribution is 2.62. The van der Waals surface area contributed by atoms with Gasteiger partial charge in [0.05, 0.1) is 4.90 Å². The molecule has 0 bridgehead atoms. The summed E-state index contributed by atoms with van der Waals surface area (Å²) >= 11 is 0. The first-order valence-electron chi connectivity index (χ1n) is 6.97. The number of rotatable bonds is 4. The standard InChI is InChI=1S/C16H18O3S2/c17-21(18,16-11-5-2-6-12-16)19-20(13-7-8-14-20)15-9-3-1-4-10-15/h1-6,9-12H,7-8,13-14H2. The lowest BCUT2D eigenvalue weighted by Gasteiger charge is -2.34. The van der Waals surface area contributed by atoms with Gasteiger partial charge >= 0.3 is 10.1 Å². The van der Waals surface area contributed by atoms with Crippen LogP contribution in [0, 0.1) is 0 Å². The van der Waals surface area contributed by atoms with Crippen LogP contribution in [0.3, 0.4) is 0 Å². The highest BCUT2D eigenvalue weighted by Gasteiger charge is 2.36. The lowest BCUT2D eigenvalue weighted by Crippen LogP contribution is -2.14. The van der Waals surface area contributed by atoms with Crippen molar-refractivity contribution in [3.8, 4) is 0 Å². The first-order valence-corrected chi connectivity index (χ1v) is 10.3. The van der Waals surface area contributed by atoms with Gasteiger partial charge in [-0.15, -0.1) is 0 Å². The van der Waals surface area contributed by atoms with Crippen molar-refractivity contribution < 1.29 is 12.0 Å². The lowest BCUT2D eigenvalue weighted by atomic mass is 10.4. The van der Waals surface area contributed by atoms with Crippen LogP contribution < -0.4 is 0 Å². The Hall–Kier alpha value is -1.30. The van der Waals surface area contributed by atoms with E-state index in [9.17, 15) is 8.42 Å². The zero-order chi connectivity index (χ0) is 14.8. The van der Waals surface area contributed by atoms with E-state index in [4.69, 9.17) is 3.63 Å². The van der Waals surface area contributed by atoms with Crippen LogP contribution in [0.1, 0.15) is 12.8 Å². The van der Waals surface area contributed by atoms with Crippen LogP contribution in [0.5, 0.6) is 0 Å².